The van der Waals surface area contributed by atoms with Crippen molar-refractivity contribution in [2.75, 3.05) is 6.61 Å². The Labute approximate surface area is 105 Å². The summed E-state index contributed by atoms with van der Waals surface area (Å²) in [4.78, 5) is 4.58. The van der Waals surface area contributed by atoms with Crippen LogP contribution in [0.4, 0.5) is 0 Å². The molecule has 3 nitrogen and oxygen atoms in total. The van der Waals surface area contributed by atoms with E-state index in [-0.39, 0.29) is 5.54 Å². The molecule has 0 aromatic heterocycles. The van der Waals surface area contributed by atoms with E-state index in [1.165, 1.54) is 57.8 Å². The fraction of sp³-hybridized carbons (Fsp3) is 0.929. The average molecular weight is 238 g/mol. The lowest BCUT2D eigenvalue weighted by Crippen LogP contribution is -2.28. The second kappa shape index (κ2) is 6.27. The lowest BCUT2D eigenvalue weighted by Gasteiger charge is -2.24. The highest BCUT2D eigenvalue weighted by Crippen LogP contribution is 2.31. The van der Waals surface area contributed by atoms with Gasteiger partial charge >= 0.3 is 0 Å². The van der Waals surface area contributed by atoms with Crippen LogP contribution in [0.5, 0.6) is 0 Å². The summed E-state index contributed by atoms with van der Waals surface area (Å²) >= 11 is 0. The van der Waals surface area contributed by atoms with Crippen LogP contribution in [0.2, 0.25) is 0 Å². The maximum atomic E-state index is 5.68. The Morgan fingerprint density at radius 3 is 1.71 bits per heavy atom. The first-order valence-corrected chi connectivity index (χ1v) is 7.29. The molecule has 1 fully saturated rings. The van der Waals surface area contributed by atoms with Gasteiger partial charge in [-0.05, 0) is 12.8 Å². The number of ether oxygens (including phenoxy) is 1. The molecule has 0 aromatic carbocycles. The highest BCUT2D eigenvalue weighted by molar-refractivity contribution is 5.73. The molecule has 3 heteroatoms. The second-order valence-electron chi connectivity index (χ2n) is 5.65. The van der Waals surface area contributed by atoms with Gasteiger partial charge in [-0.25, -0.2) is 4.99 Å². The van der Waals surface area contributed by atoms with Gasteiger partial charge in [0.05, 0.1) is 0 Å². The summed E-state index contributed by atoms with van der Waals surface area (Å²) < 4.78 is 5.40. The minimum Gasteiger partial charge on any atom is -0.463 e. The summed E-state index contributed by atoms with van der Waals surface area (Å²) in [7, 11) is 0. The number of rotatable bonds is 0. The van der Waals surface area contributed by atoms with Gasteiger partial charge in [-0.1, -0.05) is 57.8 Å². The molecule has 2 aliphatic rings. The molecule has 0 amide bonds. The summed E-state index contributed by atoms with van der Waals surface area (Å²) in [5, 5.41) is 0. The van der Waals surface area contributed by atoms with E-state index in [1.807, 2.05) is 0 Å². The molecule has 0 radical (unpaired) electrons. The normalized spacial score (nSPS) is 26.7. The lowest BCUT2D eigenvalue weighted by atomic mass is 9.87. The minimum absolute atomic E-state index is 0.0310. The average Bonchev–Trinajstić information content (AvgIpc) is 2.66. The van der Waals surface area contributed by atoms with Crippen molar-refractivity contribution in [3.8, 4) is 0 Å². The van der Waals surface area contributed by atoms with Crippen LogP contribution >= 0.6 is 0 Å². The standard InChI is InChI=1S/C14H26N2O/c15-13-16-14(12-17-13)10-8-6-4-2-1-3-5-7-9-11-14/h1-12H2,(H2,15,16). The van der Waals surface area contributed by atoms with Crippen molar-refractivity contribution in [1.82, 2.24) is 0 Å². The molecule has 1 spiro atoms. The molecule has 0 atom stereocenters. The fourth-order valence-electron chi connectivity index (χ4n) is 3.03. The van der Waals surface area contributed by atoms with Crippen LogP contribution < -0.4 is 5.73 Å². The zero-order chi connectivity index (χ0) is 12.0. The predicted octanol–water partition coefficient (Wildman–Crippen LogP) is 3.37. The van der Waals surface area contributed by atoms with Crippen molar-refractivity contribution in [1.29, 1.82) is 0 Å². The fourth-order valence-corrected chi connectivity index (χ4v) is 3.03. The first-order valence-electron chi connectivity index (χ1n) is 7.29. The highest BCUT2D eigenvalue weighted by atomic mass is 16.5. The largest absolute Gasteiger partial charge is 0.463 e. The van der Waals surface area contributed by atoms with E-state index >= 15 is 0 Å². The maximum absolute atomic E-state index is 5.68. The molecule has 2 rings (SSSR count). The van der Waals surface area contributed by atoms with Crippen molar-refractivity contribution in [2.45, 2.75) is 76.2 Å². The number of aliphatic imine (C=N–C) groups is 1. The van der Waals surface area contributed by atoms with E-state index in [2.05, 4.69) is 4.99 Å². The first kappa shape index (κ1) is 12.7. The van der Waals surface area contributed by atoms with Gasteiger partial charge in [0.25, 0.3) is 6.02 Å². The van der Waals surface area contributed by atoms with Crippen molar-refractivity contribution < 1.29 is 4.74 Å². The summed E-state index contributed by atoms with van der Waals surface area (Å²) in [5.74, 6) is 0. The maximum Gasteiger partial charge on any atom is 0.282 e. The van der Waals surface area contributed by atoms with E-state index in [9.17, 15) is 0 Å². The summed E-state index contributed by atoms with van der Waals surface area (Å²) in [5.41, 5.74) is 5.71. The predicted molar refractivity (Wildman–Crippen MR) is 71.1 cm³/mol. The third kappa shape index (κ3) is 3.90. The smallest absolute Gasteiger partial charge is 0.282 e. The molecule has 0 aromatic rings. The van der Waals surface area contributed by atoms with Gasteiger partial charge in [-0.15, -0.1) is 0 Å². The van der Waals surface area contributed by atoms with E-state index < -0.39 is 0 Å². The summed E-state index contributed by atoms with van der Waals surface area (Å²) in [6.07, 6.45) is 14.6. The number of hydrogen-bond acceptors (Lipinski definition) is 3. The van der Waals surface area contributed by atoms with E-state index in [1.54, 1.807) is 0 Å². The Balaban J connectivity index is 1.89. The Morgan fingerprint density at radius 2 is 1.29 bits per heavy atom. The topological polar surface area (TPSA) is 47.6 Å². The summed E-state index contributed by atoms with van der Waals surface area (Å²) in [6, 6.07) is 0.414. The van der Waals surface area contributed by atoms with Crippen LogP contribution in [0, 0.1) is 0 Å². The van der Waals surface area contributed by atoms with Crippen molar-refractivity contribution >= 4 is 6.02 Å². The molecule has 0 saturated heterocycles. The minimum atomic E-state index is 0.0310. The number of hydrogen-bond donors (Lipinski definition) is 1. The van der Waals surface area contributed by atoms with Gasteiger partial charge in [0.2, 0.25) is 0 Å². The molecule has 1 aliphatic carbocycles. The van der Waals surface area contributed by atoms with Crippen molar-refractivity contribution in [2.24, 2.45) is 10.7 Å². The zero-order valence-corrected chi connectivity index (χ0v) is 10.9. The van der Waals surface area contributed by atoms with Gasteiger partial charge in [0.1, 0.15) is 12.1 Å². The molecule has 0 unspecified atom stereocenters. The van der Waals surface area contributed by atoms with Crippen molar-refractivity contribution in [3.63, 3.8) is 0 Å². The molecule has 1 aliphatic heterocycles. The van der Waals surface area contributed by atoms with Crippen LogP contribution in [0.15, 0.2) is 4.99 Å². The van der Waals surface area contributed by atoms with E-state index in [0.717, 1.165) is 19.4 Å². The third-order valence-electron chi connectivity index (χ3n) is 4.12. The van der Waals surface area contributed by atoms with Crippen LogP contribution in [-0.2, 0) is 4.74 Å². The van der Waals surface area contributed by atoms with Gasteiger partial charge in [0, 0.05) is 0 Å². The molecule has 1 heterocycles. The third-order valence-corrected chi connectivity index (χ3v) is 4.12. The van der Waals surface area contributed by atoms with Gasteiger partial charge in [-0.2, -0.15) is 0 Å². The molecule has 98 valence electrons. The van der Waals surface area contributed by atoms with Crippen LogP contribution in [0.3, 0.4) is 0 Å². The van der Waals surface area contributed by atoms with E-state index in [4.69, 9.17) is 10.5 Å². The number of amidine groups is 1. The van der Waals surface area contributed by atoms with Gasteiger partial charge < -0.3 is 10.5 Å². The molecule has 2 N–H and O–H groups in total. The first-order chi connectivity index (χ1) is 8.31. The van der Waals surface area contributed by atoms with Crippen LogP contribution in [0.25, 0.3) is 0 Å². The van der Waals surface area contributed by atoms with E-state index in [0.29, 0.717) is 6.02 Å². The zero-order valence-electron chi connectivity index (χ0n) is 10.9. The Kier molecular flexibility index (Phi) is 4.69. The second-order valence-corrected chi connectivity index (χ2v) is 5.65. The van der Waals surface area contributed by atoms with Crippen LogP contribution in [0.1, 0.15) is 70.6 Å². The Bertz CT molecular complexity index is 251. The monoisotopic (exact) mass is 238 g/mol. The molecule has 17 heavy (non-hydrogen) atoms. The van der Waals surface area contributed by atoms with Crippen molar-refractivity contribution in [3.05, 3.63) is 0 Å². The SMILES string of the molecule is NC1=NC2(CCCCCCCCCCC2)CO1. The van der Waals surface area contributed by atoms with Gasteiger partial charge in [0.15, 0.2) is 0 Å². The molecule has 1 saturated carbocycles. The number of nitrogens with zero attached hydrogens (tertiary/aromatic N) is 1. The Hall–Kier alpha value is -0.730. The number of nitrogens with two attached hydrogens (primary N) is 1. The quantitative estimate of drug-likeness (QED) is 0.703. The summed E-state index contributed by atoms with van der Waals surface area (Å²) in [6.45, 7) is 0.721. The molecular weight excluding hydrogens is 212 g/mol. The highest BCUT2D eigenvalue weighted by Gasteiger charge is 2.34. The van der Waals surface area contributed by atoms with Crippen LogP contribution in [-0.4, -0.2) is 18.2 Å². The Morgan fingerprint density at radius 1 is 0.824 bits per heavy atom. The lowest BCUT2D eigenvalue weighted by molar-refractivity contribution is 0.222. The molecular formula is C14H26N2O. The van der Waals surface area contributed by atoms with Gasteiger partial charge in [-0.3, -0.25) is 0 Å². The molecule has 0 bridgehead atoms.